The van der Waals surface area contributed by atoms with E-state index < -0.39 is 5.83 Å². The van der Waals surface area contributed by atoms with Gasteiger partial charge in [-0.3, -0.25) is 0 Å². The predicted octanol–water partition coefficient (Wildman–Crippen LogP) is 4.08. The molecule has 0 radical (unpaired) electrons. The molecule has 2 heteroatoms. The Morgan fingerprint density at radius 2 is 1.71 bits per heavy atom. The van der Waals surface area contributed by atoms with Crippen LogP contribution in [-0.4, -0.2) is 0 Å². The van der Waals surface area contributed by atoms with Crippen LogP contribution in [0.3, 0.4) is 0 Å². The van der Waals surface area contributed by atoms with E-state index in [1.807, 2.05) is 24.3 Å². The number of rotatable bonds is 1. The molecule has 0 spiro atoms. The maximum atomic E-state index is 12.9. The van der Waals surface area contributed by atoms with Gasteiger partial charge in [0.05, 0.1) is 0 Å². The Bertz CT molecular complexity index is 486. The highest BCUT2D eigenvalue weighted by molar-refractivity contribution is 5.85. The monoisotopic (exact) mass is 190 g/mol. The SMILES string of the molecule is FC=C(F)c1ccc2ccccc2c1. The van der Waals surface area contributed by atoms with E-state index in [-0.39, 0.29) is 11.9 Å². The summed E-state index contributed by atoms with van der Waals surface area (Å²) < 4.78 is 24.8. The summed E-state index contributed by atoms with van der Waals surface area (Å²) >= 11 is 0. The number of hydrogen-bond acceptors (Lipinski definition) is 0. The van der Waals surface area contributed by atoms with E-state index in [0.717, 1.165) is 10.8 Å². The smallest absolute Gasteiger partial charge is 0.158 e. The zero-order valence-electron chi connectivity index (χ0n) is 7.37. The fourth-order valence-corrected chi connectivity index (χ4v) is 1.40. The normalized spacial score (nSPS) is 12.0. The summed E-state index contributed by atoms with van der Waals surface area (Å²) in [5, 5.41) is 1.92. The minimum absolute atomic E-state index is 0.0237. The van der Waals surface area contributed by atoms with E-state index in [0.29, 0.717) is 0 Å². The molecule has 0 amide bonds. The van der Waals surface area contributed by atoms with Crippen molar-refractivity contribution in [1.29, 1.82) is 0 Å². The lowest BCUT2D eigenvalue weighted by atomic mass is 10.1. The Balaban J connectivity index is 2.62. The second-order valence-electron chi connectivity index (χ2n) is 3.02. The van der Waals surface area contributed by atoms with Crippen molar-refractivity contribution in [1.82, 2.24) is 0 Å². The first kappa shape index (κ1) is 8.88. The summed E-state index contributed by atoms with van der Waals surface area (Å²) in [5.41, 5.74) is 0.270. The van der Waals surface area contributed by atoms with Crippen molar-refractivity contribution in [2.75, 3.05) is 0 Å². The van der Waals surface area contributed by atoms with Crippen LogP contribution in [0.1, 0.15) is 5.56 Å². The van der Waals surface area contributed by atoms with Crippen LogP contribution in [0.25, 0.3) is 16.6 Å². The first-order valence-corrected chi connectivity index (χ1v) is 4.26. The number of benzene rings is 2. The minimum atomic E-state index is -0.837. The molecule has 0 bridgehead atoms. The van der Waals surface area contributed by atoms with Crippen molar-refractivity contribution in [3.8, 4) is 0 Å². The van der Waals surface area contributed by atoms with Gasteiger partial charge < -0.3 is 0 Å². The molecule has 14 heavy (non-hydrogen) atoms. The third-order valence-corrected chi connectivity index (χ3v) is 2.12. The van der Waals surface area contributed by atoms with Gasteiger partial charge in [0, 0.05) is 5.56 Å². The average molecular weight is 190 g/mol. The molecular formula is C12H8F2. The van der Waals surface area contributed by atoms with E-state index in [1.165, 1.54) is 0 Å². The van der Waals surface area contributed by atoms with Gasteiger partial charge in [-0.05, 0) is 16.8 Å². The molecule has 0 aromatic heterocycles. The molecular weight excluding hydrogens is 182 g/mol. The number of fused-ring (bicyclic) bond motifs is 1. The lowest BCUT2D eigenvalue weighted by Crippen LogP contribution is -1.78. The molecule has 0 nitrogen and oxygen atoms in total. The largest absolute Gasteiger partial charge is 0.212 e. The topological polar surface area (TPSA) is 0 Å². The summed E-state index contributed by atoms with van der Waals surface area (Å²) in [6.07, 6.45) is -0.0237. The summed E-state index contributed by atoms with van der Waals surface area (Å²) in [6.45, 7) is 0. The second kappa shape index (κ2) is 3.58. The average Bonchev–Trinajstić information content (AvgIpc) is 2.27. The zero-order valence-corrected chi connectivity index (χ0v) is 7.37. The molecule has 0 fully saturated rings. The van der Waals surface area contributed by atoms with Gasteiger partial charge in [0.15, 0.2) is 5.83 Å². The predicted molar refractivity (Wildman–Crippen MR) is 54.1 cm³/mol. The van der Waals surface area contributed by atoms with E-state index in [2.05, 4.69) is 0 Å². The molecule has 2 rings (SSSR count). The first-order chi connectivity index (χ1) is 6.81. The highest BCUT2D eigenvalue weighted by Gasteiger charge is 2.00. The molecule has 0 atom stereocenters. The summed E-state index contributed by atoms with van der Waals surface area (Å²) in [6, 6.07) is 12.5. The van der Waals surface area contributed by atoms with Crippen LogP contribution in [0.15, 0.2) is 48.8 Å². The van der Waals surface area contributed by atoms with Crippen molar-refractivity contribution < 1.29 is 8.78 Å². The fourth-order valence-electron chi connectivity index (χ4n) is 1.40. The van der Waals surface area contributed by atoms with E-state index >= 15 is 0 Å². The highest BCUT2D eigenvalue weighted by atomic mass is 19.2. The van der Waals surface area contributed by atoms with Gasteiger partial charge in [-0.25, -0.2) is 8.78 Å². The third-order valence-electron chi connectivity index (χ3n) is 2.12. The Morgan fingerprint density at radius 3 is 2.43 bits per heavy atom. The van der Waals surface area contributed by atoms with E-state index in [9.17, 15) is 8.78 Å². The van der Waals surface area contributed by atoms with Gasteiger partial charge in [0.2, 0.25) is 0 Å². The van der Waals surface area contributed by atoms with Crippen molar-refractivity contribution >= 4 is 16.6 Å². The standard InChI is InChI=1S/C12H8F2/c13-8-12(14)11-6-5-9-3-1-2-4-10(9)7-11/h1-8H. The van der Waals surface area contributed by atoms with Gasteiger partial charge in [-0.2, -0.15) is 0 Å². The molecule has 0 saturated carbocycles. The molecule has 0 aliphatic heterocycles. The Hall–Kier alpha value is -1.70. The Kier molecular flexibility index (Phi) is 2.27. The lowest BCUT2D eigenvalue weighted by molar-refractivity contribution is 0.671. The molecule has 0 saturated heterocycles. The van der Waals surface area contributed by atoms with E-state index in [1.54, 1.807) is 18.2 Å². The lowest BCUT2D eigenvalue weighted by Gasteiger charge is -1.99. The van der Waals surface area contributed by atoms with Gasteiger partial charge >= 0.3 is 0 Å². The van der Waals surface area contributed by atoms with Crippen molar-refractivity contribution in [2.24, 2.45) is 0 Å². The molecule has 2 aromatic rings. The van der Waals surface area contributed by atoms with Crippen LogP contribution >= 0.6 is 0 Å². The van der Waals surface area contributed by atoms with Crippen molar-refractivity contribution in [3.63, 3.8) is 0 Å². The van der Waals surface area contributed by atoms with Gasteiger partial charge in [0.1, 0.15) is 6.33 Å². The number of halogens is 2. The van der Waals surface area contributed by atoms with Crippen LogP contribution in [0.2, 0.25) is 0 Å². The molecule has 2 aromatic carbocycles. The van der Waals surface area contributed by atoms with E-state index in [4.69, 9.17) is 0 Å². The molecule has 0 unspecified atom stereocenters. The third kappa shape index (κ3) is 1.51. The summed E-state index contributed by atoms with van der Waals surface area (Å²) in [5.74, 6) is -0.837. The maximum Gasteiger partial charge on any atom is 0.158 e. The molecule has 0 aliphatic carbocycles. The second-order valence-corrected chi connectivity index (χ2v) is 3.02. The zero-order chi connectivity index (χ0) is 9.97. The molecule has 0 N–H and O–H groups in total. The van der Waals surface area contributed by atoms with Crippen LogP contribution in [0, 0.1) is 0 Å². The van der Waals surface area contributed by atoms with Crippen LogP contribution in [-0.2, 0) is 0 Å². The first-order valence-electron chi connectivity index (χ1n) is 4.26. The van der Waals surface area contributed by atoms with Crippen LogP contribution in [0.4, 0.5) is 8.78 Å². The summed E-state index contributed by atoms with van der Waals surface area (Å²) in [7, 11) is 0. The number of hydrogen-bond donors (Lipinski definition) is 0. The highest BCUT2D eigenvalue weighted by Crippen LogP contribution is 2.21. The summed E-state index contributed by atoms with van der Waals surface area (Å²) in [4.78, 5) is 0. The molecule has 0 aliphatic rings. The quantitative estimate of drug-likeness (QED) is 0.635. The molecule has 0 heterocycles. The van der Waals surface area contributed by atoms with Crippen LogP contribution in [0.5, 0.6) is 0 Å². The molecule has 70 valence electrons. The van der Waals surface area contributed by atoms with Crippen molar-refractivity contribution in [2.45, 2.75) is 0 Å². The Morgan fingerprint density at radius 1 is 1.00 bits per heavy atom. The minimum Gasteiger partial charge on any atom is -0.212 e. The maximum absolute atomic E-state index is 12.9. The van der Waals surface area contributed by atoms with Gasteiger partial charge in [-0.15, -0.1) is 0 Å². The fraction of sp³-hybridized carbons (Fsp3) is 0. The van der Waals surface area contributed by atoms with Crippen LogP contribution < -0.4 is 0 Å². The van der Waals surface area contributed by atoms with Crippen molar-refractivity contribution in [3.05, 3.63) is 54.4 Å². The van der Waals surface area contributed by atoms with Gasteiger partial charge in [-0.1, -0.05) is 36.4 Å². The Labute approximate surface area is 80.5 Å². The van der Waals surface area contributed by atoms with Gasteiger partial charge in [0.25, 0.3) is 0 Å².